The van der Waals surface area contributed by atoms with Gasteiger partial charge in [0.2, 0.25) is 11.0 Å². The molecule has 0 bridgehead atoms. The molecule has 3 amide bonds. The highest BCUT2D eigenvalue weighted by Crippen LogP contribution is 2.17. The number of nitrogens with one attached hydrogen (secondary N) is 3. The molecule has 2 aromatic rings. The largest absolute Gasteiger partial charge is 0.357 e. The van der Waals surface area contributed by atoms with Crippen LogP contribution in [0.4, 0.5) is 18.7 Å². The highest BCUT2D eigenvalue weighted by atomic mass is 32.1. The number of nitrogens with zero attached hydrogens (tertiary/aromatic N) is 2. The van der Waals surface area contributed by atoms with Crippen LogP contribution >= 0.6 is 11.3 Å². The van der Waals surface area contributed by atoms with E-state index in [0.717, 1.165) is 23.5 Å². The number of anilines is 1. The van der Waals surface area contributed by atoms with Crippen molar-refractivity contribution in [1.82, 2.24) is 20.8 Å². The molecule has 116 valence electrons. The van der Waals surface area contributed by atoms with Crippen LogP contribution in [0.2, 0.25) is 0 Å². The van der Waals surface area contributed by atoms with Crippen LogP contribution in [0.1, 0.15) is 11.6 Å². The first-order valence-electron chi connectivity index (χ1n) is 6.01. The average Bonchev–Trinajstić information content (AvgIpc) is 3.00. The van der Waals surface area contributed by atoms with Gasteiger partial charge in [0.15, 0.2) is 11.6 Å². The van der Waals surface area contributed by atoms with Gasteiger partial charge in [-0.05, 0) is 17.7 Å². The van der Waals surface area contributed by atoms with Crippen LogP contribution in [0, 0.1) is 11.6 Å². The van der Waals surface area contributed by atoms with Gasteiger partial charge in [0.05, 0.1) is 0 Å². The Bertz CT molecular complexity index is 680. The van der Waals surface area contributed by atoms with Crippen molar-refractivity contribution in [2.45, 2.75) is 6.04 Å². The molecule has 3 N–H and O–H groups in total. The van der Waals surface area contributed by atoms with Crippen molar-refractivity contribution in [1.29, 1.82) is 0 Å². The lowest BCUT2D eigenvalue weighted by Gasteiger charge is -2.17. The van der Waals surface area contributed by atoms with Gasteiger partial charge in [-0.3, -0.25) is 10.1 Å². The second-order valence-corrected chi connectivity index (χ2v) is 4.90. The van der Waals surface area contributed by atoms with Gasteiger partial charge in [-0.25, -0.2) is 13.6 Å². The quantitative estimate of drug-likeness (QED) is 0.791. The Kier molecular flexibility index (Phi) is 4.94. The molecule has 0 aliphatic rings. The Morgan fingerprint density at radius 2 is 2.05 bits per heavy atom. The Morgan fingerprint density at radius 1 is 1.27 bits per heavy atom. The first-order valence-corrected chi connectivity index (χ1v) is 6.89. The zero-order chi connectivity index (χ0) is 16.1. The monoisotopic (exact) mass is 327 g/mol. The number of halogens is 2. The minimum atomic E-state index is -1.19. The van der Waals surface area contributed by atoms with E-state index in [1.54, 1.807) is 0 Å². The molecule has 0 spiro atoms. The van der Waals surface area contributed by atoms with E-state index in [9.17, 15) is 18.4 Å². The number of rotatable bonds is 4. The van der Waals surface area contributed by atoms with Gasteiger partial charge in [-0.1, -0.05) is 17.4 Å². The summed E-state index contributed by atoms with van der Waals surface area (Å²) in [5.74, 6) is -2.74. The van der Waals surface area contributed by atoms with Gasteiger partial charge in [0.1, 0.15) is 11.6 Å². The molecular weight excluding hydrogens is 316 g/mol. The number of hydrogen-bond acceptors (Lipinski definition) is 5. The third kappa shape index (κ3) is 3.73. The van der Waals surface area contributed by atoms with Crippen molar-refractivity contribution < 1.29 is 18.4 Å². The maximum absolute atomic E-state index is 13.3. The molecule has 0 aliphatic heterocycles. The molecule has 0 saturated carbocycles. The number of urea groups is 1. The smallest absolute Gasteiger partial charge is 0.322 e. The summed E-state index contributed by atoms with van der Waals surface area (Å²) in [6.45, 7) is 0. The fourth-order valence-corrected chi connectivity index (χ4v) is 2.07. The van der Waals surface area contributed by atoms with Crippen LogP contribution in [0.5, 0.6) is 0 Å². The number of carbonyl (C=O) groups is 2. The number of carbonyl (C=O) groups excluding carboxylic acids is 2. The van der Waals surface area contributed by atoms with E-state index in [4.69, 9.17) is 0 Å². The van der Waals surface area contributed by atoms with Crippen molar-refractivity contribution >= 4 is 28.4 Å². The molecule has 2 rings (SSSR count). The SMILES string of the molecule is CNC(=O)C(NC(=O)Nc1nncs1)c1ccc(F)c(F)c1. The summed E-state index contributed by atoms with van der Waals surface area (Å²) >= 11 is 1.09. The minimum absolute atomic E-state index is 0.102. The number of likely N-dealkylation sites (N-methyl/N-ethyl adjacent to an activating group) is 1. The summed E-state index contributed by atoms with van der Waals surface area (Å²) in [6.07, 6.45) is 0. The summed E-state index contributed by atoms with van der Waals surface area (Å²) in [7, 11) is 1.36. The Balaban J connectivity index is 2.17. The molecule has 1 aromatic carbocycles. The average molecular weight is 327 g/mol. The standard InChI is InChI=1S/C12H11F2N5O2S/c1-15-10(20)9(6-2-3-7(13)8(14)4-6)17-11(21)18-12-19-16-5-22-12/h2-5,9H,1H3,(H,15,20)(H2,17,18,19,21). The topological polar surface area (TPSA) is 96.0 Å². The predicted molar refractivity (Wildman–Crippen MR) is 75.2 cm³/mol. The highest BCUT2D eigenvalue weighted by Gasteiger charge is 2.23. The first-order chi connectivity index (χ1) is 10.5. The molecule has 1 aromatic heterocycles. The van der Waals surface area contributed by atoms with E-state index in [0.29, 0.717) is 0 Å². The summed E-state index contributed by atoms with van der Waals surface area (Å²) in [4.78, 5) is 23.7. The molecule has 1 unspecified atom stereocenters. The van der Waals surface area contributed by atoms with Crippen molar-refractivity contribution in [3.05, 3.63) is 40.9 Å². The first kappa shape index (κ1) is 15.8. The van der Waals surface area contributed by atoms with Crippen molar-refractivity contribution in [2.24, 2.45) is 0 Å². The highest BCUT2D eigenvalue weighted by molar-refractivity contribution is 7.13. The number of hydrogen-bond donors (Lipinski definition) is 3. The van der Waals surface area contributed by atoms with Crippen LogP contribution in [0.15, 0.2) is 23.7 Å². The van der Waals surface area contributed by atoms with Gasteiger partial charge in [0, 0.05) is 7.05 Å². The van der Waals surface area contributed by atoms with Crippen molar-refractivity contribution in [2.75, 3.05) is 12.4 Å². The van der Waals surface area contributed by atoms with Gasteiger partial charge < -0.3 is 10.6 Å². The lowest BCUT2D eigenvalue weighted by Crippen LogP contribution is -2.41. The van der Waals surface area contributed by atoms with Crippen LogP contribution in [0.25, 0.3) is 0 Å². The van der Waals surface area contributed by atoms with Crippen LogP contribution in [0.3, 0.4) is 0 Å². The van der Waals surface area contributed by atoms with Crippen molar-refractivity contribution in [3.63, 3.8) is 0 Å². The molecule has 7 nitrogen and oxygen atoms in total. The van der Waals surface area contributed by atoms with Gasteiger partial charge in [0.25, 0.3) is 0 Å². The summed E-state index contributed by atoms with van der Waals surface area (Å²) in [6, 6.07) is 1.03. The number of benzene rings is 1. The molecule has 1 heterocycles. The lowest BCUT2D eigenvalue weighted by molar-refractivity contribution is -0.122. The second kappa shape index (κ2) is 6.89. The van der Waals surface area contributed by atoms with Crippen LogP contribution in [-0.2, 0) is 4.79 Å². The Morgan fingerprint density at radius 3 is 2.64 bits per heavy atom. The molecule has 0 aliphatic carbocycles. The van der Waals surface area contributed by atoms with E-state index in [1.165, 1.54) is 18.6 Å². The lowest BCUT2D eigenvalue weighted by atomic mass is 10.1. The molecule has 1 atom stereocenters. The maximum atomic E-state index is 13.3. The predicted octanol–water partition coefficient (Wildman–Crippen LogP) is 1.43. The minimum Gasteiger partial charge on any atom is -0.357 e. The van der Waals surface area contributed by atoms with E-state index in [2.05, 4.69) is 26.1 Å². The zero-order valence-electron chi connectivity index (χ0n) is 11.3. The Hall–Kier alpha value is -2.62. The fourth-order valence-electron chi connectivity index (χ4n) is 1.63. The molecule has 0 fully saturated rings. The van der Waals surface area contributed by atoms with E-state index in [1.807, 2.05) is 0 Å². The molecular formula is C12H11F2N5O2S. The van der Waals surface area contributed by atoms with E-state index >= 15 is 0 Å². The maximum Gasteiger partial charge on any atom is 0.322 e. The van der Waals surface area contributed by atoms with Gasteiger partial charge in [-0.2, -0.15) is 0 Å². The Labute approximate surface area is 127 Å². The number of aromatic nitrogens is 2. The zero-order valence-corrected chi connectivity index (χ0v) is 12.1. The summed E-state index contributed by atoms with van der Waals surface area (Å²) in [5.41, 5.74) is 1.52. The van der Waals surface area contributed by atoms with Gasteiger partial charge in [-0.15, -0.1) is 10.2 Å². The van der Waals surface area contributed by atoms with E-state index < -0.39 is 29.6 Å². The second-order valence-electron chi connectivity index (χ2n) is 4.06. The van der Waals surface area contributed by atoms with Crippen molar-refractivity contribution in [3.8, 4) is 0 Å². The molecule has 0 radical (unpaired) electrons. The number of amides is 3. The molecule has 22 heavy (non-hydrogen) atoms. The molecule has 10 heteroatoms. The third-order valence-corrected chi connectivity index (χ3v) is 3.25. The summed E-state index contributed by atoms with van der Waals surface area (Å²) < 4.78 is 26.3. The van der Waals surface area contributed by atoms with Gasteiger partial charge >= 0.3 is 6.03 Å². The molecule has 0 saturated heterocycles. The third-order valence-electron chi connectivity index (χ3n) is 2.64. The van der Waals surface area contributed by atoms with Crippen LogP contribution < -0.4 is 16.0 Å². The summed E-state index contributed by atoms with van der Waals surface area (Å²) in [5, 5.41) is 14.5. The van der Waals surface area contributed by atoms with E-state index in [-0.39, 0.29) is 10.7 Å². The van der Waals surface area contributed by atoms with Crippen LogP contribution in [-0.4, -0.2) is 29.2 Å². The normalized spacial score (nSPS) is 11.6. The fraction of sp³-hybridized carbons (Fsp3) is 0.167.